The lowest BCUT2D eigenvalue weighted by Crippen LogP contribution is -2.29. The third-order valence-electron chi connectivity index (χ3n) is 4.94. The number of carbonyl (C=O) groups is 1. The summed E-state index contributed by atoms with van der Waals surface area (Å²) >= 11 is 0. The van der Waals surface area contributed by atoms with Crippen LogP contribution in [-0.4, -0.2) is 46.6 Å². The van der Waals surface area contributed by atoms with Gasteiger partial charge in [0.15, 0.2) is 11.5 Å². The monoisotopic (exact) mass is 435 g/mol. The molecule has 0 unspecified atom stereocenters. The second-order valence-electron chi connectivity index (χ2n) is 6.65. The van der Waals surface area contributed by atoms with Gasteiger partial charge in [0.05, 0.1) is 45.3 Å². The lowest BCUT2D eigenvalue weighted by Gasteiger charge is -2.24. The van der Waals surface area contributed by atoms with Crippen molar-refractivity contribution in [2.75, 3.05) is 27.9 Å². The Kier molecular flexibility index (Phi) is 6.52. The van der Waals surface area contributed by atoms with E-state index in [0.717, 1.165) is 0 Å². The molecule has 0 bridgehead atoms. The fourth-order valence-electron chi connectivity index (χ4n) is 3.63. The maximum absolute atomic E-state index is 13.3. The van der Waals surface area contributed by atoms with Crippen molar-refractivity contribution < 1.29 is 32.2 Å². The summed E-state index contributed by atoms with van der Waals surface area (Å²) in [6.45, 7) is 1.97. The maximum atomic E-state index is 13.3. The zero-order valence-corrected chi connectivity index (χ0v) is 18.2. The minimum Gasteiger partial charge on any atom is -0.493 e. The molecule has 0 N–H and O–H groups in total. The molecule has 0 amide bonds. The van der Waals surface area contributed by atoms with Crippen LogP contribution in [0.1, 0.15) is 30.5 Å². The van der Waals surface area contributed by atoms with Crippen LogP contribution in [0, 0.1) is 0 Å². The number of esters is 1. The maximum Gasteiger partial charge on any atom is 0.307 e. The highest BCUT2D eigenvalue weighted by Gasteiger charge is 2.43. The van der Waals surface area contributed by atoms with Gasteiger partial charge in [-0.1, -0.05) is 18.2 Å². The van der Waals surface area contributed by atoms with E-state index in [1.807, 2.05) is 0 Å². The van der Waals surface area contributed by atoms with Gasteiger partial charge in [0, 0.05) is 6.54 Å². The fourth-order valence-corrected chi connectivity index (χ4v) is 5.48. The second-order valence-corrected chi connectivity index (χ2v) is 8.51. The Labute approximate surface area is 176 Å². The van der Waals surface area contributed by atoms with Gasteiger partial charge < -0.3 is 18.9 Å². The highest BCUT2D eigenvalue weighted by atomic mass is 32.2. The molecule has 0 spiro atoms. The van der Waals surface area contributed by atoms with Crippen molar-refractivity contribution in [2.24, 2.45) is 0 Å². The summed E-state index contributed by atoms with van der Waals surface area (Å²) in [4.78, 5) is 12.4. The van der Waals surface area contributed by atoms with E-state index in [1.54, 1.807) is 43.3 Å². The molecule has 3 rings (SSSR count). The number of methoxy groups -OCH3 is 3. The smallest absolute Gasteiger partial charge is 0.307 e. The van der Waals surface area contributed by atoms with E-state index < -0.39 is 22.0 Å². The predicted molar refractivity (Wildman–Crippen MR) is 109 cm³/mol. The molecule has 1 atom stereocenters. The molecule has 2 aromatic carbocycles. The first-order chi connectivity index (χ1) is 14.4. The van der Waals surface area contributed by atoms with Gasteiger partial charge in [-0.15, -0.1) is 0 Å². The summed E-state index contributed by atoms with van der Waals surface area (Å²) in [5, 5.41) is 0. The molecule has 1 aliphatic heterocycles. The summed E-state index contributed by atoms with van der Waals surface area (Å²) < 4.78 is 49.0. The number of benzene rings is 2. The van der Waals surface area contributed by atoms with Gasteiger partial charge >= 0.3 is 5.97 Å². The Hall–Kier alpha value is -2.78. The van der Waals surface area contributed by atoms with Gasteiger partial charge in [0.2, 0.25) is 15.8 Å². The van der Waals surface area contributed by atoms with Crippen LogP contribution in [0.5, 0.6) is 17.2 Å². The molecule has 0 radical (unpaired) electrons. The largest absolute Gasteiger partial charge is 0.493 e. The summed E-state index contributed by atoms with van der Waals surface area (Å²) in [6.07, 6.45) is -0.0749. The number of ether oxygens (including phenoxy) is 4. The molecule has 8 nitrogen and oxygen atoms in total. The van der Waals surface area contributed by atoms with Crippen LogP contribution in [0.2, 0.25) is 0 Å². The van der Waals surface area contributed by atoms with Crippen LogP contribution in [0.15, 0.2) is 41.3 Å². The van der Waals surface area contributed by atoms with Crippen molar-refractivity contribution in [2.45, 2.75) is 30.8 Å². The van der Waals surface area contributed by atoms with Crippen LogP contribution >= 0.6 is 0 Å². The Morgan fingerprint density at radius 1 is 1.03 bits per heavy atom. The topological polar surface area (TPSA) is 91.4 Å². The van der Waals surface area contributed by atoms with E-state index in [1.165, 1.54) is 25.6 Å². The molecular formula is C21H25NO7S. The molecule has 1 heterocycles. The predicted octanol–water partition coefficient (Wildman–Crippen LogP) is 2.91. The molecule has 9 heteroatoms. The second kappa shape index (κ2) is 8.93. The van der Waals surface area contributed by atoms with E-state index in [2.05, 4.69) is 0 Å². The van der Waals surface area contributed by atoms with Crippen molar-refractivity contribution in [1.29, 1.82) is 0 Å². The molecule has 0 saturated carbocycles. The van der Waals surface area contributed by atoms with Gasteiger partial charge in [-0.25, -0.2) is 8.42 Å². The molecule has 30 heavy (non-hydrogen) atoms. The van der Waals surface area contributed by atoms with E-state index in [-0.39, 0.29) is 24.5 Å². The van der Waals surface area contributed by atoms with Crippen molar-refractivity contribution >= 4 is 16.0 Å². The SMILES string of the molecule is CCOC(=O)C[C@H]1c2ccccc2S(=O)(=O)N1Cc1cc(OC)c(OC)c(OC)c1. The summed E-state index contributed by atoms with van der Waals surface area (Å²) in [5.41, 5.74) is 1.22. The Bertz CT molecular complexity index is 1010. The third-order valence-corrected chi connectivity index (χ3v) is 6.87. The molecule has 0 fully saturated rings. The normalized spacial score (nSPS) is 17.3. The zero-order valence-electron chi connectivity index (χ0n) is 17.4. The highest BCUT2D eigenvalue weighted by molar-refractivity contribution is 7.89. The highest BCUT2D eigenvalue weighted by Crippen LogP contribution is 2.44. The van der Waals surface area contributed by atoms with Crippen LogP contribution in [0.25, 0.3) is 0 Å². The van der Waals surface area contributed by atoms with Gasteiger partial charge in [-0.05, 0) is 36.2 Å². The van der Waals surface area contributed by atoms with E-state index in [0.29, 0.717) is 28.4 Å². The lowest BCUT2D eigenvalue weighted by molar-refractivity contribution is -0.144. The number of hydrogen-bond donors (Lipinski definition) is 0. The van der Waals surface area contributed by atoms with Crippen molar-refractivity contribution in [3.05, 3.63) is 47.5 Å². The third kappa shape index (κ3) is 3.95. The first kappa shape index (κ1) is 21.9. The van der Waals surface area contributed by atoms with E-state index >= 15 is 0 Å². The number of hydrogen-bond acceptors (Lipinski definition) is 7. The lowest BCUT2D eigenvalue weighted by atomic mass is 10.0. The van der Waals surface area contributed by atoms with Crippen LogP contribution in [-0.2, 0) is 26.1 Å². The zero-order chi connectivity index (χ0) is 21.9. The molecule has 1 aliphatic rings. The Morgan fingerprint density at radius 3 is 2.23 bits per heavy atom. The van der Waals surface area contributed by atoms with Crippen LogP contribution in [0.4, 0.5) is 0 Å². The van der Waals surface area contributed by atoms with Crippen molar-refractivity contribution in [3.63, 3.8) is 0 Å². The quantitative estimate of drug-likeness (QED) is 0.589. The minimum absolute atomic E-state index is 0.0256. The summed E-state index contributed by atoms with van der Waals surface area (Å²) in [7, 11) is 0.687. The Balaban J connectivity index is 2.04. The van der Waals surface area contributed by atoms with Crippen LogP contribution < -0.4 is 14.2 Å². The molecule has 162 valence electrons. The van der Waals surface area contributed by atoms with Gasteiger partial charge in [-0.3, -0.25) is 4.79 Å². The van der Waals surface area contributed by atoms with Crippen molar-refractivity contribution in [1.82, 2.24) is 4.31 Å². The number of fused-ring (bicyclic) bond motifs is 1. The number of rotatable bonds is 8. The minimum atomic E-state index is -3.80. The average molecular weight is 435 g/mol. The number of nitrogens with zero attached hydrogens (tertiary/aromatic N) is 1. The van der Waals surface area contributed by atoms with E-state index in [4.69, 9.17) is 18.9 Å². The van der Waals surface area contributed by atoms with Gasteiger partial charge in [0.25, 0.3) is 0 Å². The van der Waals surface area contributed by atoms with Gasteiger partial charge in [0.1, 0.15) is 0 Å². The standard InChI is InChI=1S/C21H25NO7S/c1-5-29-20(23)12-16-15-8-6-7-9-19(15)30(24,25)22(16)13-14-10-17(26-2)21(28-4)18(11-14)27-3/h6-11,16H,5,12-13H2,1-4H3/t16-/m0/s1. The van der Waals surface area contributed by atoms with Crippen LogP contribution in [0.3, 0.4) is 0 Å². The Morgan fingerprint density at radius 2 is 1.67 bits per heavy atom. The summed E-state index contributed by atoms with van der Waals surface area (Å²) in [6, 6.07) is 9.44. The van der Waals surface area contributed by atoms with Gasteiger partial charge in [-0.2, -0.15) is 4.31 Å². The molecular weight excluding hydrogens is 410 g/mol. The molecule has 0 aromatic heterocycles. The average Bonchev–Trinajstić information content (AvgIpc) is 2.94. The molecule has 2 aromatic rings. The molecule has 0 saturated heterocycles. The van der Waals surface area contributed by atoms with Crippen molar-refractivity contribution in [3.8, 4) is 17.2 Å². The number of carbonyl (C=O) groups excluding carboxylic acids is 1. The van der Waals surface area contributed by atoms with E-state index in [9.17, 15) is 13.2 Å². The number of sulfonamides is 1. The first-order valence-corrected chi connectivity index (χ1v) is 10.9. The fraction of sp³-hybridized carbons (Fsp3) is 0.381. The molecule has 0 aliphatic carbocycles. The summed E-state index contributed by atoms with van der Waals surface area (Å²) in [5.74, 6) is 0.800. The first-order valence-electron chi connectivity index (χ1n) is 9.42.